The van der Waals surface area contributed by atoms with Crippen molar-refractivity contribution in [2.45, 2.75) is 52.4 Å². The van der Waals surface area contributed by atoms with Crippen LogP contribution in [0.2, 0.25) is 0 Å². The van der Waals surface area contributed by atoms with Crippen LogP contribution in [0, 0.1) is 0 Å². The van der Waals surface area contributed by atoms with Crippen LogP contribution in [0.1, 0.15) is 50.7 Å². The molecule has 0 saturated carbocycles. The molecule has 0 amide bonds. The van der Waals surface area contributed by atoms with E-state index in [2.05, 4.69) is 67.4 Å². The third-order valence-corrected chi connectivity index (χ3v) is 4.82. The molecule has 0 aliphatic heterocycles. The number of hydrogen-bond donors (Lipinski definition) is 0. The van der Waals surface area contributed by atoms with Crippen LogP contribution in [0.5, 0.6) is 0 Å². The summed E-state index contributed by atoms with van der Waals surface area (Å²) in [5.74, 6) is 0. The van der Waals surface area contributed by atoms with Crippen molar-refractivity contribution < 1.29 is 0 Å². The van der Waals surface area contributed by atoms with Crippen LogP contribution in [0.25, 0.3) is 22.5 Å². The van der Waals surface area contributed by atoms with Gasteiger partial charge >= 0.3 is 0 Å². The van der Waals surface area contributed by atoms with Crippen LogP contribution in [0.15, 0.2) is 60.9 Å². The molecule has 0 fully saturated rings. The molecular formula is C24H28N2. The summed E-state index contributed by atoms with van der Waals surface area (Å²) in [6.45, 7) is 4.46. The quantitative estimate of drug-likeness (QED) is 0.466. The van der Waals surface area contributed by atoms with E-state index >= 15 is 0 Å². The van der Waals surface area contributed by atoms with Crippen molar-refractivity contribution in [3.8, 4) is 22.5 Å². The van der Waals surface area contributed by atoms with Crippen LogP contribution in [0.4, 0.5) is 0 Å². The van der Waals surface area contributed by atoms with Gasteiger partial charge in [-0.25, -0.2) is 4.98 Å². The second-order valence-electron chi connectivity index (χ2n) is 6.81. The van der Waals surface area contributed by atoms with Crippen molar-refractivity contribution in [2.75, 3.05) is 0 Å². The smallest absolute Gasteiger partial charge is 0.0895 e. The minimum atomic E-state index is 0.972. The molecule has 26 heavy (non-hydrogen) atoms. The fourth-order valence-corrected chi connectivity index (χ4v) is 3.34. The molecule has 2 aromatic carbocycles. The standard InChI is InChI=1S/C24H28N2/c1-3-5-11-19-13-7-9-15-21(19)23-17-25-18-24(26-23)22-16-10-8-14-20(22)12-6-4-2/h7-10,13-18H,3-6,11-12H2,1-2H3. The van der Waals surface area contributed by atoms with Crippen molar-refractivity contribution in [2.24, 2.45) is 0 Å². The van der Waals surface area contributed by atoms with E-state index in [1.54, 1.807) is 0 Å². The van der Waals surface area contributed by atoms with Gasteiger partial charge in [0, 0.05) is 11.1 Å². The van der Waals surface area contributed by atoms with Gasteiger partial charge in [-0.3, -0.25) is 4.98 Å². The Morgan fingerprint density at radius 1 is 0.654 bits per heavy atom. The SMILES string of the molecule is CCCCc1ccccc1-c1cncc(-c2ccccc2CCCC)n1. The molecule has 0 saturated heterocycles. The lowest BCUT2D eigenvalue weighted by atomic mass is 9.98. The van der Waals surface area contributed by atoms with E-state index in [9.17, 15) is 0 Å². The van der Waals surface area contributed by atoms with Crippen LogP contribution >= 0.6 is 0 Å². The van der Waals surface area contributed by atoms with E-state index in [1.165, 1.54) is 47.9 Å². The number of rotatable bonds is 8. The first kappa shape index (κ1) is 18.3. The Bertz CT molecular complexity index is 772. The van der Waals surface area contributed by atoms with Gasteiger partial charge in [0.15, 0.2) is 0 Å². The Hall–Kier alpha value is -2.48. The van der Waals surface area contributed by atoms with Crippen molar-refractivity contribution in [3.63, 3.8) is 0 Å². The van der Waals surface area contributed by atoms with Crippen LogP contribution in [-0.4, -0.2) is 9.97 Å². The summed E-state index contributed by atoms with van der Waals surface area (Å²) in [7, 11) is 0. The van der Waals surface area contributed by atoms with E-state index in [-0.39, 0.29) is 0 Å². The van der Waals surface area contributed by atoms with E-state index in [0.29, 0.717) is 0 Å². The first-order chi connectivity index (χ1) is 12.8. The van der Waals surface area contributed by atoms with Crippen molar-refractivity contribution in [1.29, 1.82) is 0 Å². The minimum Gasteiger partial charge on any atom is -0.260 e. The van der Waals surface area contributed by atoms with Gasteiger partial charge in [-0.1, -0.05) is 75.2 Å². The molecule has 2 heteroatoms. The first-order valence-corrected chi connectivity index (χ1v) is 9.82. The number of nitrogens with zero attached hydrogens (tertiary/aromatic N) is 2. The van der Waals surface area contributed by atoms with Crippen LogP contribution in [-0.2, 0) is 12.8 Å². The van der Waals surface area contributed by atoms with Crippen molar-refractivity contribution in [3.05, 3.63) is 72.1 Å². The summed E-state index contributed by atoms with van der Waals surface area (Å²) in [4.78, 5) is 9.51. The Morgan fingerprint density at radius 3 is 1.58 bits per heavy atom. The summed E-state index contributed by atoms with van der Waals surface area (Å²) < 4.78 is 0. The lowest BCUT2D eigenvalue weighted by Crippen LogP contribution is -1.97. The van der Waals surface area contributed by atoms with Gasteiger partial charge in [-0.2, -0.15) is 0 Å². The number of benzene rings is 2. The molecule has 0 atom stereocenters. The van der Waals surface area contributed by atoms with Crippen molar-refractivity contribution in [1.82, 2.24) is 9.97 Å². The normalized spacial score (nSPS) is 10.8. The predicted octanol–water partition coefficient (Wildman–Crippen LogP) is 6.50. The molecule has 1 aromatic heterocycles. The van der Waals surface area contributed by atoms with Gasteiger partial charge in [-0.15, -0.1) is 0 Å². The molecule has 2 nitrogen and oxygen atoms in total. The monoisotopic (exact) mass is 344 g/mol. The molecule has 0 N–H and O–H groups in total. The molecule has 3 rings (SSSR count). The van der Waals surface area contributed by atoms with Gasteiger partial charge < -0.3 is 0 Å². The Morgan fingerprint density at radius 2 is 1.12 bits per heavy atom. The summed E-state index contributed by atoms with van der Waals surface area (Å²) in [5, 5.41) is 0. The second kappa shape index (κ2) is 9.28. The Labute approximate surface area is 157 Å². The number of aromatic nitrogens is 2. The van der Waals surface area contributed by atoms with Gasteiger partial charge in [0.25, 0.3) is 0 Å². The molecule has 1 heterocycles. The van der Waals surface area contributed by atoms with Gasteiger partial charge in [0.2, 0.25) is 0 Å². The predicted molar refractivity (Wildman–Crippen MR) is 110 cm³/mol. The van der Waals surface area contributed by atoms with E-state index < -0.39 is 0 Å². The average molecular weight is 345 g/mol. The zero-order valence-electron chi connectivity index (χ0n) is 15.9. The molecule has 0 spiro atoms. The van der Waals surface area contributed by atoms with E-state index in [4.69, 9.17) is 4.98 Å². The molecule has 0 bridgehead atoms. The molecule has 0 aliphatic carbocycles. The summed E-state index contributed by atoms with van der Waals surface area (Å²) in [6.07, 6.45) is 10.8. The average Bonchev–Trinajstić information content (AvgIpc) is 2.71. The number of aryl methyl sites for hydroxylation is 2. The zero-order chi connectivity index (χ0) is 18.2. The largest absolute Gasteiger partial charge is 0.260 e. The second-order valence-corrected chi connectivity index (χ2v) is 6.81. The topological polar surface area (TPSA) is 25.8 Å². The summed E-state index contributed by atoms with van der Waals surface area (Å²) in [6, 6.07) is 17.2. The summed E-state index contributed by atoms with van der Waals surface area (Å²) in [5.41, 5.74) is 7.09. The molecule has 0 aliphatic rings. The molecular weight excluding hydrogens is 316 g/mol. The highest BCUT2D eigenvalue weighted by atomic mass is 14.8. The van der Waals surface area contributed by atoms with Gasteiger partial charge in [-0.05, 0) is 36.8 Å². The maximum absolute atomic E-state index is 4.99. The minimum absolute atomic E-state index is 0.972. The third-order valence-electron chi connectivity index (χ3n) is 4.82. The Balaban J connectivity index is 1.98. The fraction of sp³-hybridized carbons (Fsp3) is 0.333. The molecule has 0 unspecified atom stereocenters. The van der Waals surface area contributed by atoms with Gasteiger partial charge in [0.05, 0.1) is 23.8 Å². The van der Waals surface area contributed by atoms with Crippen LogP contribution in [0.3, 0.4) is 0 Å². The zero-order valence-corrected chi connectivity index (χ0v) is 15.9. The van der Waals surface area contributed by atoms with Gasteiger partial charge in [0.1, 0.15) is 0 Å². The highest BCUT2D eigenvalue weighted by Gasteiger charge is 2.10. The van der Waals surface area contributed by atoms with Crippen molar-refractivity contribution >= 4 is 0 Å². The Kier molecular flexibility index (Phi) is 6.54. The number of hydrogen-bond acceptors (Lipinski definition) is 2. The third kappa shape index (κ3) is 4.37. The first-order valence-electron chi connectivity index (χ1n) is 9.82. The van der Waals surface area contributed by atoms with E-state index in [0.717, 1.165) is 24.2 Å². The maximum Gasteiger partial charge on any atom is 0.0895 e. The maximum atomic E-state index is 4.99. The van der Waals surface area contributed by atoms with Crippen LogP contribution < -0.4 is 0 Å². The molecule has 0 radical (unpaired) electrons. The lowest BCUT2D eigenvalue weighted by molar-refractivity contribution is 0.795. The molecule has 3 aromatic rings. The summed E-state index contributed by atoms with van der Waals surface area (Å²) >= 11 is 0. The van der Waals surface area contributed by atoms with E-state index in [1.807, 2.05) is 12.4 Å². The lowest BCUT2D eigenvalue weighted by Gasteiger charge is -2.12. The highest BCUT2D eigenvalue weighted by Crippen LogP contribution is 2.27. The number of unbranched alkanes of at least 4 members (excludes halogenated alkanes) is 2. The highest BCUT2D eigenvalue weighted by molar-refractivity contribution is 5.68. The fourth-order valence-electron chi connectivity index (χ4n) is 3.34. The molecule has 134 valence electrons.